The molecule has 0 unspecified atom stereocenters. The highest BCUT2D eigenvalue weighted by atomic mass is 16.5. The molecule has 0 aliphatic carbocycles. The van der Waals surface area contributed by atoms with Gasteiger partial charge in [-0.25, -0.2) is 9.67 Å². The van der Waals surface area contributed by atoms with Crippen LogP contribution in [-0.2, 0) is 24.9 Å². The number of benzene rings is 1. The summed E-state index contributed by atoms with van der Waals surface area (Å²) >= 11 is 0. The summed E-state index contributed by atoms with van der Waals surface area (Å²) in [6.07, 6.45) is 1.61. The molecular weight excluding hydrogens is 380 g/mol. The summed E-state index contributed by atoms with van der Waals surface area (Å²) in [7, 11) is 1.82. The molecule has 4 aromatic rings. The van der Waals surface area contributed by atoms with Gasteiger partial charge in [-0.3, -0.25) is 4.79 Å². The van der Waals surface area contributed by atoms with Crippen LogP contribution in [0.4, 0.5) is 0 Å². The largest absolute Gasteiger partial charge is 0.467 e. The van der Waals surface area contributed by atoms with Gasteiger partial charge in [-0.05, 0) is 43.2 Å². The highest BCUT2D eigenvalue weighted by molar-refractivity contribution is 5.85. The van der Waals surface area contributed by atoms with Crippen molar-refractivity contribution >= 4 is 16.9 Å². The number of carbonyl (C=O) groups excluding carboxylic acids is 1. The van der Waals surface area contributed by atoms with Gasteiger partial charge in [0, 0.05) is 19.3 Å². The number of aromatic nitrogens is 3. The van der Waals surface area contributed by atoms with Gasteiger partial charge in [0.2, 0.25) is 5.88 Å². The number of ether oxygens (including phenoxy) is 1. The minimum atomic E-state index is -0.146. The van der Waals surface area contributed by atoms with Crippen molar-refractivity contribution < 1.29 is 13.9 Å². The van der Waals surface area contributed by atoms with Gasteiger partial charge in [-0.1, -0.05) is 30.3 Å². The van der Waals surface area contributed by atoms with Crippen molar-refractivity contribution in [1.29, 1.82) is 0 Å². The Morgan fingerprint density at radius 2 is 1.93 bits per heavy atom. The minimum absolute atomic E-state index is 0.118. The lowest BCUT2D eigenvalue weighted by Gasteiger charge is -2.21. The molecule has 0 spiro atoms. The number of carbonyl (C=O) groups is 1. The van der Waals surface area contributed by atoms with Crippen molar-refractivity contribution in [2.45, 2.75) is 26.9 Å². The molecular formula is C23H24N4O3. The van der Waals surface area contributed by atoms with E-state index in [4.69, 9.17) is 9.15 Å². The van der Waals surface area contributed by atoms with Gasteiger partial charge in [0.25, 0.3) is 5.91 Å². The van der Waals surface area contributed by atoms with Crippen molar-refractivity contribution in [3.8, 4) is 5.88 Å². The number of aryl methyl sites for hydroxylation is 3. The third-order valence-electron chi connectivity index (χ3n) is 4.91. The molecule has 0 N–H and O–H groups in total. The SMILES string of the molecule is Cc1cc(C)c2c(OCC(=O)N(Cc3ccccc3)Cc3ccco3)nn(C)c2n1. The number of furan rings is 1. The molecule has 0 saturated carbocycles. The summed E-state index contributed by atoms with van der Waals surface area (Å²) in [5, 5.41) is 5.26. The fourth-order valence-corrected chi connectivity index (χ4v) is 3.50. The van der Waals surface area contributed by atoms with Gasteiger partial charge in [0.1, 0.15) is 5.76 Å². The van der Waals surface area contributed by atoms with Crippen LogP contribution in [0.2, 0.25) is 0 Å². The lowest BCUT2D eigenvalue weighted by Crippen LogP contribution is -2.34. The lowest BCUT2D eigenvalue weighted by molar-refractivity contribution is -0.135. The van der Waals surface area contributed by atoms with E-state index in [9.17, 15) is 4.79 Å². The molecule has 3 heterocycles. The first-order chi connectivity index (χ1) is 14.5. The molecule has 30 heavy (non-hydrogen) atoms. The van der Waals surface area contributed by atoms with Crippen molar-refractivity contribution in [2.75, 3.05) is 6.61 Å². The zero-order valence-corrected chi connectivity index (χ0v) is 17.3. The number of amides is 1. The number of fused-ring (bicyclic) bond motifs is 1. The quantitative estimate of drug-likeness (QED) is 0.469. The summed E-state index contributed by atoms with van der Waals surface area (Å²) < 4.78 is 13.0. The fraction of sp³-hybridized carbons (Fsp3) is 0.261. The van der Waals surface area contributed by atoms with E-state index in [1.807, 2.05) is 69.4 Å². The second kappa shape index (κ2) is 8.41. The van der Waals surface area contributed by atoms with Crippen LogP contribution in [0.3, 0.4) is 0 Å². The number of hydrogen-bond acceptors (Lipinski definition) is 5. The first-order valence-corrected chi connectivity index (χ1v) is 9.79. The van der Waals surface area contributed by atoms with E-state index < -0.39 is 0 Å². The Balaban J connectivity index is 1.53. The molecule has 7 nitrogen and oxygen atoms in total. The maximum Gasteiger partial charge on any atom is 0.261 e. The summed E-state index contributed by atoms with van der Waals surface area (Å²) in [6, 6.07) is 15.5. The molecule has 1 aromatic carbocycles. The highest BCUT2D eigenvalue weighted by Crippen LogP contribution is 2.27. The Hall–Kier alpha value is -3.61. The summed E-state index contributed by atoms with van der Waals surface area (Å²) in [5.74, 6) is 0.994. The number of rotatable bonds is 7. The van der Waals surface area contributed by atoms with Gasteiger partial charge in [0.05, 0.1) is 18.2 Å². The van der Waals surface area contributed by atoms with Crippen molar-refractivity contribution in [1.82, 2.24) is 19.7 Å². The summed E-state index contributed by atoms with van der Waals surface area (Å²) in [4.78, 5) is 19.3. The van der Waals surface area contributed by atoms with E-state index in [1.54, 1.807) is 15.8 Å². The van der Waals surface area contributed by atoms with Gasteiger partial charge in [0.15, 0.2) is 12.3 Å². The minimum Gasteiger partial charge on any atom is -0.467 e. The van der Waals surface area contributed by atoms with Gasteiger partial charge in [-0.2, -0.15) is 0 Å². The van der Waals surface area contributed by atoms with Crippen LogP contribution >= 0.6 is 0 Å². The first kappa shape index (κ1) is 19.7. The van der Waals surface area contributed by atoms with Gasteiger partial charge >= 0.3 is 0 Å². The molecule has 0 aliphatic rings. The van der Waals surface area contributed by atoms with Crippen molar-refractivity contribution in [3.05, 3.63) is 77.4 Å². The lowest BCUT2D eigenvalue weighted by atomic mass is 10.2. The van der Waals surface area contributed by atoms with E-state index in [0.717, 1.165) is 33.6 Å². The van der Waals surface area contributed by atoms with E-state index in [-0.39, 0.29) is 12.5 Å². The van der Waals surface area contributed by atoms with E-state index >= 15 is 0 Å². The molecule has 0 atom stereocenters. The first-order valence-electron chi connectivity index (χ1n) is 9.79. The fourth-order valence-electron chi connectivity index (χ4n) is 3.50. The van der Waals surface area contributed by atoms with E-state index in [2.05, 4.69) is 10.1 Å². The summed E-state index contributed by atoms with van der Waals surface area (Å²) in [5.41, 5.74) is 3.71. The molecule has 0 aliphatic heterocycles. The maximum absolute atomic E-state index is 13.0. The zero-order valence-electron chi connectivity index (χ0n) is 17.3. The van der Waals surface area contributed by atoms with Crippen LogP contribution in [0.1, 0.15) is 22.6 Å². The Kier molecular flexibility index (Phi) is 5.52. The van der Waals surface area contributed by atoms with Crippen LogP contribution in [0.25, 0.3) is 11.0 Å². The molecule has 0 radical (unpaired) electrons. The Bertz CT molecular complexity index is 1150. The third-order valence-corrected chi connectivity index (χ3v) is 4.91. The number of pyridine rings is 1. The summed E-state index contributed by atoms with van der Waals surface area (Å²) in [6.45, 7) is 4.65. The molecule has 0 fully saturated rings. The normalized spacial score (nSPS) is 11.0. The zero-order chi connectivity index (χ0) is 21.1. The highest BCUT2D eigenvalue weighted by Gasteiger charge is 2.20. The van der Waals surface area contributed by atoms with E-state index in [1.165, 1.54) is 0 Å². The monoisotopic (exact) mass is 404 g/mol. The van der Waals surface area contributed by atoms with Crippen molar-refractivity contribution in [2.24, 2.45) is 7.05 Å². The Morgan fingerprint density at radius 3 is 2.67 bits per heavy atom. The van der Waals surface area contributed by atoms with Crippen molar-refractivity contribution in [3.63, 3.8) is 0 Å². The second-order valence-electron chi connectivity index (χ2n) is 7.31. The van der Waals surface area contributed by atoms with Crippen LogP contribution in [0.15, 0.2) is 59.2 Å². The second-order valence-corrected chi connectivity index (χ2v) is 7.31. The molecule has 154 valence electrons. The average molecular weight is 404 g/mol. The molecule has 1 amide bonds. The Morgan fingerprint density at radius 1 is 1.13 bits per heavy atom. The number of hydrogen-bond donors (Lipinski definition) is 0. The molecule has 3 aromatic heterocycles. The van der Waals surface area contributed by atoms with Crippen LogP contribution in [0, 0.1) is 13.8 Å². The smallest absolute Gasteiger partial charge is 0.261 e. The van der Waals surface area contributed by atoms with E-state index in [0.29, 0.717) is 19.0 Å². The van der Waals surface area contributed by atoms with Crippen LogP contribution in [-0.4, -0.2) is 32.2 Å². The Labute approximate surface area is 174 Å². The molecule has 0 bridgehead atoms. The van der Waals surface area contributed by atoms with Gasteiger partial charge in [-0.15, -0.1) is 5.10 Å². The van der Waals surface area contributed by atoms with Gasteiger partial charge < -0.3 is 14.1 Å². The number of nitrogens with zero attached hydrogens (tertiary/aromatic N) is 4. The van der Waals surface area contributed by atoms with Crippen LogP contribution < -0.4 is 4.74 Å². The molecule has 4 rings (SSSR count). The molecule has 0 saturated heterocycles. The third kappa shape index (κ3) is 4.20. The molecule has 7 heteroatoms. The standard InChI is InChI=1S/C23H24N4O3/c1-16-12-17(2)24-22-21(16)23(25-26(22)3)30-15-20(28)27(14-19-10-7-11-29-19)13-18-8-5-4-6-9-18/h4-12H,13-15H2,1-3H3. The predicted molar refractivity (Wildman–Crippen MR) is 113 cm³/mol. The predicted octanol–water partition coefficient (Wildman–Crippen LogP) is 3.79. The average Bonchev–Trinajstić information content (AvgIpc) is 3.34. The van der Waals surface area contributed by atoms with Crippen LogP contribution in [0.5, 0.6) is 5.88 Å². The topological polar surface area (TPSA) is 73.4 Å². The maximum atomic E-state index is 13.0.